The van der Waals surface area contributed by atoms with E-state index in [1.165, 1.54) is 0 Å². The molecule has 0 unspecified atom stereocenters. The predicted octanol–water partition coefficient (Wildman–Crippen LogP) is -1.90. The second-order valence-electron chi connectivity index (χ2n) is 4.03. The molecule has 3 aromatic rings. The molecule has 0 fully saturated rings. The molecule has 0 saturated carbocycles. The average molecular weight is 365 g/mol. The van der Waals surface area contributed by atoms with Crippen molar-refractivity contribution < 1.29 is 28.5 Å². The van der Waals surface area contributed by atoms with Gasteiger partial charge in [0.25, 0.3) is 5.65 Å². The van der Waals surface area contributed by atoms with Crippen LogP contribution in [0.15, 0.2) is 42.9 Å². The van der Waals surface area contributed by atoms with Crippen LogP contribution in [-0.4, -0.2) is 15.0 Å². The number of benzene rings is 1. The number of hydrogen-bond donors (Lipinski definition) is 1. The Hall–Kier alpha value is -1.83. The highest BCUT2D eigenvalue weighted by Crippen LogP contribution is 2.18. The van der Waals surface area contributed by atoms with Crippen LogP contribution >= 0.6 is 0 Å². The van der Waals surface area contributed by atoms with Crippen molar-refractivity contribution in [2.75, 3.05) is 5.73 Å². The fourth-order valence-corrected chi connectivity index (χ4v) is 1.83. The number of rotatable bonds is 1. The standard InChI is InChI=1S/C13H11N5.HI/c1-18-8-16-12(14)11-13(18)15-7-10(17-11)9-5-3-2-4-6-9;/h2-8,14H,1H3;1H. The maximum atomic E-state index is 5.85. The van der Waals surface area contributed by atoms with Crippen molar-refractivity contribution in [2.24, 2.45) is 7.05 Å². The molecule has 0 aliphatic rings. The molecule has 0 saturated heterocycles. The second kappa shape index (κ2) is 5.43. The van der Waals surface area contributed by atoms with Gasteiger partial charge >= 0.3 is 0 Å². The topological polar surface area (TPSA) is 68.6 Å². The largest absolute Gasteiger partial charge is 1.00 e. The van der Waals surface area contributed by atoms with Crippen molar-refractivity contribution in [3.05, 3.63) is 42.9 Å². The molecule has 2 aromatic heterocycles. The van der Waals surface area contributed by atoms with Crippen LogP contribution in [-0.2, 0) is 7.05 Å². The number of fused-ring (bicyclic) bond motifs is 1. The Morgan fingerprint density at radius 1 is 1.11 bits per heavy atom. The van der Waals surface area contributed by atoms with E-state index in [1.54, 1.807) is 17.1 Å². The smallest absolute Gasteiger partial charge is 0.293 e. The monoisotopic (exact) mass is 365 g/mol. The molecule has 0 spiro atoms. The van der Waals surface area contributed by atoms with Crippen molar-refractivity contribution in [1.29, 1.82) is 0 Å². The molecule has 1 aromatic carbocycles. The zero-order valence-corrected chi connectivity index (χ0v) is 12.4. The number of nitrogens with two attached hydrogens (primary N) is 1. The number of nitrogens with zero attached hydrogens (tertiary/aromatic N) is 4. The highest BCUT2D eigenvalue weighted by Gasteiger charge is 2.13. The quantitative estimate of drug-likeness (QED) is 0.404. The summed E-state index contributed by atoms with van der Waals surface area (Å²) in [6.45, 7) is 0. The number of hydrogen-bond acceptors (Lipinski definition) is 4. The lowest BCUT2D eigenvalue weighted by atomic mass is 10.2. The van der Waals surface area contributed by atoms with Crippen LogP contribution in [0.25, 0.3) is 22.4 Å². The average Bonchev–Trinajstić information content (AvgIpc) is 2.44. The maximum Gasteiger partial charge on any atom is 0.293 e. The molecule has 5 nitrogen and oxygen atoms in total. The first-order chi connectivity index (χ1) is 8.75. The van der Waals surface area contributed by atoms with Crippen molar-refractivity contribution >= 4 is 17.0 Å². The Bertz CT molecular complexity index is 715. The van der Waals surface area contributed by atoms with Gasteiger partial charge in [0.1, 0.15) is 11.9 Å². The van der Waals surface area contributed by atoms with E-state index in [1.807, 2.05) is 37.4 Å². The molecule has 2 heterocycles. The van der Waals surface area contributed by atoms with Crippen LogP contribution in [0.3, 0.4) is 0 Å². The Morgan fingerprint density at radius 2 is 1.84 bits per heavy atom. The summed E-state index contributed by atoms with van der Waals surface area (Å²) in [5.41, 5.74) is 9.00. The van der Waals surface area contributed by atoms with Crippen LogP contribution in [0.2, 0.25) is 0 Å². The summed E-state index contributed by atoms with van der Waals surface area (Å²) in [5, 5.41) is 0. The van der Waals surface area contributed by atoms with E-state index in [0.29, 0.717) is 11.3 Å². The molecule has 2 N–H and O–H groups in total. The number of nitrogen functional groups attached to an aromatic ring is 1. The van der Waals surface area contributed by atoms with Crippen molar-refractivity contribution in [1.82, 2.24) is 15.0 Å². The fraction of sp³-hybridized carbons (Fsp3) is 0.0769. The van der Waals surface area contributed by atoms with Gasteiger partial charge < -0.3 is 29.7 Å². The summed E-state index contributed by atoms with van der Waals surface area (Å²) in [5.74, 6) is 0.397. The van der Waals surface area contributed by atoms with Gasteiger partial charge in [0.2, 0.25) is 12.1 Å². The lowest BCUT2D eigenvalue weighted by Gasteiger charge is -2.01. The first kappa shape index (κ1) is 13.6. The third kappa shape index (κ3) is 2.48. The number of anilines is 1. The highest BCUT2D eigenvalue weighted by molar-refractivity contribution is 5.80. The summed E-state index contributed by atoms with van der Waals surface area (Å²) in [4.78, 5) is 13.0. The van der Waals surface area contributed by atoms with Crippen molar-refractivity contribution in [3.63, 3.8) is 0 Å². The zero-order valence-electron chi connectivity index (χ0n) is 10.3. The number of aryl methyl sites for hydroxylation is 1. The Morgan fingerprint density at radius 3 is 2.58 bits per heavy atom. The van der Waals surface area contributed by atoms with Gasteiger partial charge in [0.15, 0.2) is 5.52 Å². The lowest BCUT2D eigenvalue weighted by Crippen LogP contribution is -3.00. The lowest BCUT2D eigenvalue weighted by molar-refractivity contribution is -0.649. The molecule has 0 amide bonds. The van der Waals surface area contributed by atoms with Crippen LogP contribution in [0.5, 0.6) is 0 Å². The van der Waals surface area contributed by atoms with Gasteiger partial charge in [0, 0.05) is 5.56 Å². The molecule has 96 valence electrons. The molecular formula is C13H12IN5. The van der Waals surface area contributed by atoms with E-state index in [-0.39, 0.29) is 24.0 Å². The van der Waals surface area contributed by atoms with Crippen LogP contribution in [0, 0.1) is 0 Å². The molecule has 0 aliphatic heterocycles. The minimum atomic E-state index is 0. The Balaban J connectivity index is 0.00000133. The number of halogens is 1. The van der Waals surface area contributed by atoms with Crippen LogP contribution in [0.1, 0.15) is 0 Å². The first-order valence-electron chi connectivity index (χ1n) is 5.58. The van der Waals surface area contributed by atoms with Gasteiger partial charge in [-0.15, -0.1) is 4.98 Å². The van der Waals surface area contributed by atoms with E-state index >= 15 is 0 Å². The van der Waals surface area contributed by atoms with E-state index in [4.69, 9.17) is 5.73 Å². The van der Waals surface area contributed by atoms with E-state index in [0.717, 1.165) is 16.9 Å². The van der Waals surface area contributed by atoms with E-state index < -0.39 is 0 Å². The maximum absolute atomic E-state index is 5.85. The number of aromatic nitrogens is 4. The summed E-state index contributed by atoms with van der Waals surface area (Å²) < 4.78 is 1.80. The summed E-state index contributed by atoms with van der Waals surface area (Å²) in [7, 11) is 1.87. The Labute approximate surface area is 127 Å². The molecule has 0 bridgehead atoms. The van der Waals surface area contributed by atoms with Gasteiger partial charge in [-0.05, 0) is 0 Å². The SMILES string of the molecule is C[n+]1cnc(N)c2nc(-c3ccccc3)cnc21.[I-]. The van der Waals surface area contributed by atoms with Gasteiger partial charge in [-0.1, -0.05) is 35.3 Å². The molecule has 19 heavy (non-hydrogen) atoms. The van der Waals surface area contributed by atoms with Gasteiger partial charge in [-0.25, -0.2) is 9.55 Å². The normalized spacial score (nSPS) is 10.2. The third-order valence-electron chi connectivity index (χ3n) is 2.77. The highest BCUT2D eigenvalue weighted by atomic mass is 127. The van der Waals surface area contributed by atoms with Crippen LogP contribution < -0.4 is 34.3 Å². The van der Waals surface area contributed by atoms with Crippen molar-refractivity contribution in [2.45, 2.75) is 0 Å². The van der Waals surface area contributed by atoms with E-state index in [2.05, 4.69) is 15.0 Å². The summed E-state index contributed by atoms with van der Waals surface area (Å²) in [6, 6.07) is 9.88. The zero-order chi connectivity index (χ0) is 12.5. The second-order valence-corrected chi connectivity index (χ2v) is 4.03. The first-order valence-corrected chi connectivity index (χ1v) is 5.58. The minimum Gasteiger partial charge on any atom is -1.00 e. The molecule has 6 heteroatoms. The van der Waals surface area contributed by atoms with Crippen LogP contribution in [0.4, 0.5) is 5.82 Å². The van der Waals surface area contributed by atoms with Crippen molar-refractivity contribution in [3.8, 4) is 11.3 Å². The molecule has 0 radical (unpaired) electrons. The molecular weight excluding hydrogens is 353 g/mol. The molecule has 0 aliphatic carbocycles. The minimum absolute atomic E-state index is 0. The Kier molecular flexibility index (Phi) is 3.89. The summed E-state index contributed by atoms with van der Waals surface area (Å²) in [6.07, 6.45) is 3.38. The predicted molar refractivity (Wildman–Crippen MR) is 68.4 cm³/mol. The summed E-state index contributed by atoms with van der Waals surface area (Å²) >= 11 is 0. The third-order valence-corrected chi connectivity index (χ3v) is 2.77. The van der Waals surface area contributed by atoms with E-state index in [9.17, 15) is 0 Å². The molecule has 0 atom stereocenters. The van der Waals surface area contributed by atoms with Gasteiger partial charge in [-0.3, -0.25) is 0 Å². The molecule has 3 rings (SSSR count). The van der Waals surface area contributed by atoms with Gasteiger partial charge in [0.05, 0.1) is 7.05 Å². The fourth-order valence-electron chi connectivity index (χ4n) is 1.83. The van der Waals surface area contributed by atoms with Gasteiger partial charge in [-0.2, -0.15) is 0 Å².